The predicted octanol–water partition coefficient (Wildman–Crippen LogP) is 0.966. The van der Waals surface area contributed by atoms with Crippen LogP contribution < -0.4 is 24.8 Å². The van der Waals surface area contributed by atoms with Gasteiger partial charge in [0.25, 0.3) is 5.91 Å². The highest BCUT2D eigenvalue weighted by atomic mass is 32.2. The van der Waals surface area contributed by atoms with Crippen LogP contribution in [-0.4, -0.2) is 101 Å². The van der Waals surface area contributed by atoms with E-state index in [1.54, 1.807) is 22.7 Å². The molecule has 53 heavy (non-hydrogen) atoms. The highest BCUT2D eigenvalue weighted by Crippen LogP contribution is 2.40. The lowest BCUT2D eigenvalue weighted by Gasteiger charge is -2.40. The third kappa shape index (κ3) is 6.14. The van der Waals surface area contributed by atoms with Gasteiger partial charge in [-0.25, -0.2) is 18.2 Å². The first-order valence-corrected chi connectivity index (χ1v) is 18.7. The lowest BCUT2D eigenvalue weighted by Crippen LogP contribution is -2.58. The predicted molar refractivity (Wildman–Crippen MR) is 188 cm³/mol. The zero-order chi connectivity index (χ0) is 37.3. The fourth-order valence-corrected chi connectivity index (χ4v) is 8.92. The zero-order valence-electron chi connectivity index (χ0n) is 28.6. The van der Waals surface area contributed by atoms with E-state index in [0.29, 0.717) is 47.1 Å². The standard InChI is InChI=1S/C35H36FN7O9S/c1-39-27-12-20(3-5-25(27)43(35(39)49)26-6-7-29(45)37-34(26)48)19-8-10-40(11-9-19)18-31(47)41-15-23(16-41)52-22-4-2-21-13-28(44)33(32(36)24(21)14-22)42-17-30(46)38-53(42,50)51/h2-5,12-14,19,23,26,44H,6-11,15-18H2,1H3,(H,38,46)(H,37,45,48). The highest BCUT2D eigenvalue weighted by Gasteiger charge is 2.39. The van der Waals surface area contributed by atoms with Crippen LogP contribution in [0.1, 0.15) is 43.2 Å². The zero-order valence-corrected chi connectivity index (χ0v) is 29.4. The van der Waals surface area contributed by atoms with Gasteiger partial charge in [-0.1, -0.05) is 12.1 Å². The molecule has 1 aromatic heterocycles. The topological polar surface area (TPSA) is 193 Å². The van der Waals surface area contributed by atoms with Crippen LogP contribution in [-0.2, 0) is 36.4 Å². The Hall–Kier alpha value is -5.49. The second kappa shape index (κ2) is 12.9. The summed E-state index contributed by atoms with van der Waals surface area (Å²) in [5.41, 5.74) is 1.50. The lowest BCUT2D eigenvalue weighted by atomic mass is 9.89. The van der Waals surface area contributed by atoms with Gasteiger partial charge >= 0.3 is 15.9 Å². The third-order valence-electron chi connectivity index (χ3n) is 10.6. The number of imidazole rings is 1. The van der Waals surface area contributed by atoms with E-state index in [0.717, 1.165) is 23.9 Å². The third-order valence-corrected chi connectivity index (χ3v) is 12.0. The van der Waals surface area contributed by atoms with Crippen molar-refractivity contribution in [1.29, 1.82) is 0 Å². The number of fused-ring (bicyclic) bond motifs is 2. The van der Waals surface area contributed by atoms with Crippen molar-refractivity contribution in [3.63, 3.8) is 0 Å². The van der Waals surface area contributed by atoms with Crippen LogP contribution in [0.3, 0.4) is 0 Å². The molecule has 4 aliphatic rings. The van der Waals surface area contributed by atoms with Crippen molar-refractivity contribution in [2.24, 2.45) is 7.05 Å². The highest BCUT2D eigenvalue weighted by molar-refractivity contribution is 7.92. The average Bonchev–Trinajstić information content (AvgIpc) is 3.51. The lowest BCUT2D eigenvalue weighted by molar-refractivity contribution is -0.141. The Kier molecular flexibility index (Phi) is 8.40. The summed E-state index contributed by atoms with van der Waals surface area (Å²) in [5, 5.41) is 13.0. The minimum absolute atomic E-state index is 0.00453. The number of phenols is 1. The fraction of sp³-hybridized carbons (Fsp3) is 0.400. The Morgan fingerprint density at radius 2 is 1.74 bits per heavy atom. The molecule has 4 fully saturated rings. The number of hydrogen-bond acceptors (Lipinski definition) is 10. The molecule has 0 aliphatic carbocycles. The van der Waals surface area contributed by atoms with E-state index in [9.17, 15) is 37.5 Å². The van der Waals surface area contributed by atoms with Crippen LogP contribution in [0.5, 0.6) is 11.5 Å². The summed E-state index contributed by atoms with van der Waals surface area (Å²) in [7, 11) is -2.68. The first-order chi connectivity index (χ1) is 25.3. The van der Waals surface area contributed by atoms with Gasteiger partial charge in [0.1, 0.15) is 35.9 Å². The van der Waals surface area contributed by atoms with Crippen LogP contribution >= 0.6 is 0 Å². The summed E-state index contributed by atoms with van der Waals surface area (Å²) in [4.78, 5) is 65.9. The molecule has 4 amide bonds. The first-order valence-electron chi connectivity index (χ1n) is 17.3. The number of halogens is 1. The summed E-state index contributed by atoms with van der Waals surface area (Å²) in [6.45, 7) is 1.69. The summed E-state index contributed by atoms with van der Waals surface area (Å²) in [6, 6.07) is 10.8. The smallest absolute Gasteiger partial charge is 0.329 e. The van der Waals surface area contributed by atoms with Crippen molar-refractivity contribution in [3.8, 4) is 11.5 Å². The number of rotatable bonds is 7. The van der Waals surface area contributed by atoms with Gasteiger partial charge in [0.05, 0.1) is 30.7 Å². The van der Waals surface area contributed by atoms with Gasteiger partial charge in [0.2, 0.25) is 17.7 Å². The number of nitrogens with zero attached hydrogens (tertiary/aromatic N) is 5. The number of carbonyl (C=O) groups is 4. The number of amides is 4. The number of aryl methyl sites for hydroxylation is 1. The van der Waals surface area contributed by atoms with E-state index in [1.165, 1.54) is 27.3 Å². The molecule has 3 aromatic carbocycles. The van der Waals surface area contributed by atoms with Crippen LogP contribution in [0.15, 0.2) is 47.3 Å². The Balaban J connectivity index is 0.857. The molecule has 3 N–H and O–H groups in total. The second-order valence-corrected chi connectivity index (χ2v) is 15.6. The van der Waals surface area contributed by atoms with Crippen molar-refractivity contribution in [3.05, 3.63) is 64.3 Å². The van der Waals surface area contributed by atoms with E-state index in [2.05, 4.69) is 10.2 Å². The quantitative estimate of drug-likeness (QED) is 0.230. The van der Waals surface area contributed by atoms with E-state index in [-0.39, 0.29) is 54.3 Å². The van der Waals surface area contributed by atoms with Crippen molar-refractivity contribution in [2.75, 3.05) is 43.6 Å². The Morgan fingerprint density at radius 1 is 0.981 bits per heavy atom. The summed E-state index contributed by atoms with van der Waals surface area (Å²) in [5.74, 6) is -2.81. The number of aromatic nitrogens is 2. The normalized spacial score (nSPS) is 21.2. The fourth-order valence-electron chi connectivity index (χ4n) is 7.75. The molecule has 0 bridgehead atoms. The number of imide groups is 1. The molecule has 4 aromatic rings. The van der Waals surface area contributed by atoms with E-state index < -0.39 is 51.9 Å². The molecule has 278 valence electrons. The maximum Gasteiger partial charge on any atom is 0.329 e. The van der Waals surface area contributed by atoms with Crippen molar-refractivity contribution < 1.29 is 41.8 Å². The second-order valence-electron chi connectivity index (χ2n) is 14.0. The van der Waals surface area contributed by atoms with Gasteiger partial charge in [0, 0.05) is 18.9 Å². The molecule has 8 rings (SSSR count). The van der Waals surface area contributed by atoms with Crippen molar-refractivity contribution in [2.45, 2.75) is 43.7 Å². The molecule has 0 radical (unpaired) electrons. The number of carbonyl (C=O) groups excluding carboxylic acids is 4. The molecule has 1 atom stereocenters. The number of hydrogen-bond donors (Lipinski definition) is 3. The summed E-state index contributed by atoms with van der Waals surface area (Å²) < 4.78 is 51.5. The number of aromatic hydroxyl groups is 1. The van der Waals surface area contributed by atoms with Crippen LogP contribution in [0.2, 0.25) is 0 Å². The van der Waals surface area contributed by atoms with Crippen LogP contribution in [0.4, 0.5) is 10.1 Å². The van der Waals surface area contributed by atoms with Gasteiger partial charge in [-0.05, 0) is 79.6 Å². The molecule has 5 heterocycles. The van der Waals surface area contributed by atoms with E-state index in [4.69, 9.17) is 4.74 Å². The first kappa shape index (κ1) is 34.6. The largest absolute Gasteiger partial charge is 0.506 e. The van der Waals surface area contributed by atoms with Gasteiger partial charge < -0.3 is 14.7 Å². The van der Waals surface area contributed by atoms with Crippen LogP contribution in [0, 0.1) is 5.82 Å². The van der Waals surface area contributed by atoms with Gasteiger partial charge in [-0.15, -0.1) is 0 Å². The number of benzene rings is 3. The maximum atomic E-state index is 15.6. The maximum absolute atomic E-state index is 15.6. The molecule has 4 saturated heterocycles. The minimum Gasteiger partial charge on any atom is -0.506 e. The van der Waals surface area contributed by atoms with Gasteiger partial charge in [-0.3, -0.25) is 38.5 Å². The van der Waals surface area contributed by atoms with Crippen LogP contribution in [0.25, 0.3) is 21.8 Å². The molecule has 16 nitrogen and oxygen atoms in total. The molecule has 18 heteroatoms. The Bertz CT molecular complexity index is 2400. The monoisotopic (exact) mass is 749 g/mol. The SMILES string of the molecule is Cn1c(=O)n(C2CCC(=O)NC2=O)c2ccc(C3CCN(CC(=O)N4CC(Oc5ccc6cc(O)c(N7CC(=O)NS7(=O)=O)c(F)c6c5)C4)CC3)cc21. The molecule has 1 unspecified atom stereocenters. The number of piperidine rings is 2. The van der Waals surface area contributed by atoms with Crippen molar-refractivity contribution >= 4 is 61.3 Å². The molecular formula is C35H36FN7O9S. The van der Waals surface area contributed by atoms with Crippen molar-refractivity contribution in [1.82, 2.24) is 29.0 Å². The number of phenolic OH excluding ortho intramolecular Hbond substituents is 1. The Morgan fingerprint density at radius 3 is 2.43 bits per heavy atom. The number of anilines is 1. The molecular weight excluding hydrogens is 713 g/mol. The number of nitrogens with one attached hydrogen (secondary N) is 2. The van der Waals surface area contributed by atoms with E-state index in [1.807, 2.05) is 18.2 Å². The summed E-state index contributed by atoms with van der Waals surface area (Å²) >= 11 is 0. The molecule has 0 spiro atoms. The average molecular weight is 750 g/mol. The Labute approximate surface area is 301 Å². The van der Waals surface area contributed by atoms with Gasteiger partial charge in [-0.2, -0.15) is 8.42 Å². The minimum atomic E-state index is -4.35. The molecule has 0 saturated carbocycles. The number of ether oxygens (including phenoxy) is 1. The number of likely N-dealkylation sites (tertiary alicyclic amines) is 2. The van der Waals surface area contributed by atoms with E-state index >= 15 is 4.39 Å². The van der Waals surface area contributed by atoms with Gasteiger partial charge in [0.15, 0.2) is 5.82 Å². The molecule has 4 aliphatic heterocycles. The summed E-state index contributed by atoms with van der Waals surface area (Å²) in [6.07, 6.45) is 1.75.